The fourth-order valence-corrected chi connectivity index (χ4v) is 2.10. The lowest BCUT2D eigenvalue weighted by molar-refractivity contribution is -0.119. The zero-order valence-corrected chi connectivity index (χ0v) is 11.6. The van der Waals surface area contributed by atoms with Crippen LogP contribution in [0.15, 0.2) is 30.3 Å². The third-order valence-corrected chi connectivity index (χ3v) is 3.74. The van der Waals surface area contributed by atoms with E-state index in [0.717, 1.165) is 5.75 Å². The van der Waals surface area contributed by atoms with Crippen LogP contribution in [-0.4, -0.2) is 17.7 Å². The number of rotatable bonds is 6. The Labute approximate surface area is 108 Å². The van der Waals surface area contributed by atoms with E-state index in [1.807, 2.05) is 25.1 Å². The van der Waals surface area contributed by atoms with Crippen molar-refractivity contribution in [1.82, 2.24) is 5.32 Å². The molecule has 3 heteroatoms. The number of carbonyl (C=O) groups is 1. The van der Waals surface area contributed by atoms with Crippen LogP contribution >= 0.6 is 11.8 Å². The van der Waals surface area contributed by atoms with Crippen LogP contribution in [0.5, 0.6) is 0 Å². The highest BCUT2D eigenvalue weighted by Crippen LogP contribution is 2.11. The average Bonchev–Trinajstić information content (AvgIpc) is 2.30. The number of amides is 1. The van der Waals surface area contributed by atoms with Gasteiger partial charge >= 0.3 is 0 Å². The molecule has 0 aromatic heterocycles. The summed E-state index contributed by atoms with van der Waals surface area (Å²) in [5.74, 6) is 2.04. The van der Waals surface area contributed by atoms with E-state index < -0.39 is 0 Å². The Hall–Kier alpha value is -0.960. The van der Waals surface area contributed by atoms with Crippen molar-refractivity contribution in [3.8, 4) is 0 Å². The van der Waals surface area contributed by atoms with E-state index in [0.29, 0.717) is 11.7 Å². The van der Waals surface area contributed by atoms with E-state index >= 15 is 0 Å². The third kappa shape index (κ3) is 5.78. The molecule has 1 aromatic rings. The molecular weight excluding hydrogens is 230 g/mol. The predicted octanol–water partition coefficient (Wildman–Crippen LogP) is 3.08. The summed E-state index contributed by atoms with van der Waals surface area (Å²) in [6.45, 7) is 6.27. The maximum atomic E-state index is 11.6. The fraction of sp³-hybridized carbons (Fsp3) is 0.500. The first-order chi connectivity index (χ1) is 8.09. The van der Waals surface area contributed by atoms with Gasteiger partial charge in [0.15, 0.2) is 0 Å². The van der Waals surface area contributed by atoms with Gasteiger partial charge in [-0.2, -0.15) is 0 Å². The maximum Gasteiger partial charge on any atom is 0.230 e. The third-order valence-electron chi connectivity index (χ3n) is 2.73. The van der Waals surface area contributed by atoms with E-state index in [4.69, 9.17) is 0 Å². The molecule has 0 spiro atoms. The second-order valence-electron chi connectivity index (χ2n) is 4.58. The van der Waals surface area contributed by atoms with Crippen molar-refractivity contribution in [1.29, 1.82) is 0 Å². The van der Waals surface area contributed by atoms with Crippen LogP contribution in [0.1, 0.15) is 26.3 Å². The van der Waals surface area contributed by atoms with Crippen molar-refractivity contribution in [3.05, 3.63) is 35.9 Å². The zero-order chi connectivity index (χ0) is 12.7. The molecule has 0 saturated heterocycles. The van der Waals surface area contributed by atoms with Crippen LogP contribution in [0.2, 0.25) is 0 Å². The van der Waals surface area contributed by atoms with Crippen molar-refractivity contribution >= 4 is 17.7 Å². The lowest BCUT2D eigenvalue weighted by atomic mass is 10.1. The molecule has 94 valence electrons. The number of hydrogen-bond acceptors (Lipinski definition) is 2. The summed E-state index contributed by atoms with van der Waals surface area (Å²) in [4.78, 5) is 11.6. The first-order valence-electron chi connectivity index (χ1n) is 6.00. The van der Waals surface area contributed by atoms with Crippen LogP contribution in [-0.2, 0) is 10.5 Å². The molecule has 0 saturated carbocycles. The van der Waals surface area contributed by atoms with Gasteiger partial charge in [-0.15, -0.1) is 11.8 Å². The van der Waals surface area contributed by atoms with Crippen LogP contribution in [0.3, 0.4) is 0 Å². The Kier molecular flexibility index (Phi) is 6.12. The van der Waals surface area contributed by atoms with E-state index in [9.17, 15) is 4.79 Å². The molecule has 1 rings (SSSR count). The summed E-state index contributed by atoms with van der Waals surface area (Å²) < 4.78 is 0. The number of nitrogens with one attached hydrogen (secondary N) is 1. The summed E-state index contributed by atoms with van der Waals surface area (Å²) >= 11 is 1.66. The zero-order valence-electron chi connectivity index (χ0n) is 10.8. The molecule has 0 radical (unpaired) electrons. The summed E-state index contributed by atoms with van der Waals surface area (Å²) in [6, 6.07) is 10.5. The summed E-state index contributed by atoms with van der Waals surface area (Å²) in [7, 11) is 0. The molecule has 0 unspecified atom stereocenters. The monoisotopic (exact) mass is 251 g/mol. The molecule has 1 aromatic carbocycles. The molecule has 0 fully saturated rings. The Bertz CT molecular complexity index is 337. The Morgan fingerprint density at radius 1 is 1.24 bits per heavy atom. The number of carbonyl (C=O) groups excluding carboxylic acids is 1. The van der Waals surface area contributed by atoms with E-state index in [1.165, 1.54) is 5.56 Å². The minimum Gasteiger partial charge on any atom is -0.353 e. The van der Waals surface area contributed by atoms with Crippen LogP contribution in [0.25, 0.3) is 0 Å². The van der Waals surface area contributed by atoms with E-state index in [2.05, 4.69) is 31.3 Å². The second kappa shape index (κ2) is 7.38. The number of thioether (sulfide) groups is 1. The first-order valence-corrected chi connectivity index (χ1v) is 7.16. The fourth-order valence-electron chi connectivity index (χ4n) is 1.30. The Morgan fingerprint density at radius 2 is 1.88 bits per heavy atom. The molecule has 17 heavy (non-hydrogen) atoms. The number of hydrogen-bond donors (Lipinski definition) is 1. The molecule has 1 atom stereocenters. The van der Waals surface area contributed by atoms with Gasteiger partial charge in [0, 0.05) is 11.8 Å². The van der Waals surface area contributed by atoms with Gasteiger partial charge in [-0.3, -0.25) is 4.79 Å². The summed E-state index contributed by atoms with van der Waals surface area (Å²) in [5, 5.41) is 3.01. The van der Waals surface area contributed by atoms with Crippen molar-refractivity contribution in [2.75, 3.05) is 5.75 Å². The molecular formula is C14H21NOS. The molecule has 2 nitrogen and oxygen atoms in total. The SMILES string of the molecule is CC(C)[C@H](C)NC(=O)CSCc1ccccc1. The summed E-state index contributed by atoms with van der Waals surface area (Å²) in [5.41, 5.74) is 1.27. The Morgan fingerprint density at radius 3 is 2.47 bits per heavy atom. The van der Waals surface area contributed by atoms with Crippen molar-refractivity contribution in [2.45, 2.75) is 32.6 Å². The molecule has 0 aliphatic carbocycles. The van der Waals surface area contributed by atoms with Crippen molar-refractivity contribution < 1.29 is 4.79 Å². The van der Waals surface area contributed by atoms with Crippen molar-refractivity contribution in [2.24, 2.45) is 5.92 Å². The van der Waals surface area contributed by atoms with Gasteiger partial charge in [0.05, 0.1) is 5.75 Å². The predicted molar refractivity (Wildman–Crippen MR) is 75.0 cm³/mol. The minimum absolute atomic E-state index is 0.132. The first kappa shape index (κ1) is 14.1. The standard InChI is InChI=1S/C14H21NOS/c1-11(2)12(3)15-14(16)10-17-9-13-7-5-4-6-8-13/h4-8,11-12H,9-10H2,1-3H3,(H,15,16)/t12-/m0/s1. The number of benzene rings is 1. The molecule has 0 aliphatic rings. The van der Waals surface area contributed by atoms with Gasteiger partial charge in [-0.25, -0.2) is 0 Å². The van der Waals surface area contributed by atoms with E-state index in [-0.39, 0.29) is 11.9 Å². The van der Waals surface area contributed by atoms with Crippen LogP contribution in [0.4, 0.5) is 0 Å². The van der Waals surface area contributed by atoms with Gasteiger partial charge in [0.2, 0.25) is 5.91 Å². The molecule has 0 heterocycles. The topological polar surface area (TPSA) is 29.1 Å². The highest BCUT2D eigenvalue weighted by Gasteiger charge is 2.10. The molecule has 0 aliphatic heterocycles. The van der Waals surface area contributed by atoms with Crippen LogP contribution in [0, 0.1) is 5.92 Å². The summed E-state index contributed by atoms with van der Waals surface area (Å²) in [6.07, 6.45) is 0. The van der Waals surface area contributed by atoms with Gasteiger partial charge in [-0.1, -0.05) is 44.2 Å². The molecule has 0 bridgehead atoms. The normalized spacial score (nSPS) is 12.5. The quantitative estimate of drug-likeness (QED) is 0.842. The van der Waals surface area contributed by atoms with Gasteiger partial charge < -0.3 is 5.32 Å². The lowest BCUT2D eigenvalue weighted by Gasteiger charge is -2.17. The molecule has 1 amide bonds. The largest absolute Gasteiger partial charge is 0.353 e. The maximum absolute atomic E-state index is 11.6. The Balaban J connectivity index is 2.21. The highest BCUT2D eigenvalue weighted by atomic mass is 32.2. The lowest BCUT2D eigenvalue weighted by Crippen LogP contribution is -2.37. The smallest absolute Gasteiger partial charge is 0.230 e. The van der Waals surface area contributed by atoms with Gasteiger partial charge in [0.1, 0.15) is 0 Å². The minimum atomic E-state index is 0.132. The van der Waals surface area contributed by atoms with Crippen LogP contribution < -0.4 is 5.32 Å². The van der Waals surface area contributed by atoms with E-state index in [1.54, 1.807) is 11.8 Å². The van der Waals surface area contributed by atoms with Gasteiger partial charge in [0.25, 0.3) is 0 Å². The second-order valence-corrected chi connectivity index (χ2v) is 5.56. The van der Waals surface area contributed by atoms with Crippen molar-refractivity contribution in [3.63, 3.8) is 0 Å². The average molecular weight is 251 g/mol. The molecule has 1 N–H and O–H groups in total. The van der Waals surface area contributed by atoms with Gasteiger partial charge in [-0.05, 0) is 18.4 Å². The highest BCUT2D eigenvalue weighted by molar-refractivity contribution is 7.99.